The van der Waals surface area contributed by atoms with Gasteiger partial charge in [0.1, 0.15) is 10.8 Å². The van der Waals surface area contributed by atoms with Crippen molar-refractivity contribution >= 4 is 34.6 Å². The lowest BCUT2D eigenvalue weighted by molar-refractivity contribution is 0.102. The van der Waals surface area contributed by atoms with Crippen molar-refractivity contribution in [1.82, 2.24) is 15.1 Å². The Labute approximate surface area is 207 Å². The summed E-state index contributed by atoms with van der Waals surface area (Å²) in [6, 6.07) is 12.1. The first kappa shape index (κ1) is 24.3. The van der Waals surface area contributed by atoms with Crippen molar-refractivity contribution in [2.75, 3.05) is 45.1 Å². The Kier molecular flexibility index (Phi) is 7.66. The number of rotatable bonds is 7. The van der Waals surface area contributed by atoms with E-state index in [2.05, 4.69) is 20.8 Å². The standard InChI is InChI=1S/C24H27N5O5S/c1-32-18-9-6-16(7-10-18)25-21(30)23-28-27-22(35-23)15-5-4-12-29(14-15)24(31)26-17-8-11-19(33-2)20(13-17)34-3/h6-11,13,15H,4-5,12,14H2,1-3H3,(H,25,30)(H,26,31). The van der Waals surface area contributed by atoms with E-state index in [1.54, 1.807) is 68.7 Å². The fourth-order valence-corrected chi connectivity index (χ4v) is 4.69. The number of nitrogens with zero attached hydrogens (tertiary/aromatic N) is 3. The van der Waals surface area contributed by atoms with Crippen LogP contribution in [0.5, 0.6) is 17.2 Å². The normalized spacial score (nSPS) is 15.3. The van der Waals surface area contributed by atoms with Gasteiger partial charge in [-0.2, -0.15) is 0 Å². The van der Waals surface area contributed by atoms with Crippen LogP contribution in [0.1, 0.15) is 33.6 Å². The number of nitrogens with one attached hydrogen (secondary N) is 2. The monoisotopic (exact) mass is 497 g/mol. The second kappa shape index (κ2) is 11.0. The molecule has 1 atom stereocenters. The molecular weight excluding hydrogens is 470 g/mol. The highest BCUT2D eigenvalue weighted by Crippen LogP contribution is 2.32. The highest BCUT2D eigenvalue weighted by molar-refractivity contribution is 7.13. The molecule has 0 aliphatic carbocycles. The van der Waals surface area contributed by atoms with Crippen LogP contribution in [0.15, 0.2) is 42.5 Å². The minimum Gasteiger partial charge on any atom is -0.497 e. The molecule has 0 saturated carbocycles. The molecule has 35 heavy (non-hydrogen) atoms. The van der Waals surface area contributed by atoms with E-state index in [-0.39, 0.29) is 22.9 Å². The molecule has 10 nitrogen and oxygen atoms in total. The smallest absolute Gasteiger partial charge is 0.321 e. The van der Waals surface area contributed by atoms with Gasteiger partial charge < -0.3 is 29.7 Å². The molecule has 3 amide bonds. The van der Waals surface area contributed by atoms with Gasteiger partial charge in [0.15, 0.2) is 11.5 Å². The molecule has 3 aromatic rings. The Morgan fingerprint density at radius 3 is 2.40 bits per heavy atom. The van der Waals surface area contributed by atoms with E-state index in [9.17, 15) is 9.59 Å². The maximum Gasteiger partial charge on any atom is 0.321 e. The summed E-state index contributed by atoms with van der Waals surface area (Å²) in [6.45, 7) is 1.13. The van der Waals surface area contributed by atoms with Gasteiger partial charge in [0.25, 0.3) is 5.91 Å². The molecule has 1 unspecified atom stereocenters. The van der Waals surface area contributed by atoms with Crippen molar-refractivity contribution in [2.24, 2.45) is 0 Å². The number of hydrogen-bond acceptors (Lipinski definition) is 8. The van der Waals surface area contributed by atoms with Crippen LogP contribution in [0.25, 0.3) is 0 Å². The average Bonchev–Trinajstić information content (AvgIpc) is 3.40. The van der Waals surface area contributed by atoms with Gasteiger partial charge >= 0.3 is 6.03 Å². The molecule has 1 fully saturated rings. The number of piperidine rings is 1. The number of benzene rings is 2. The van der Waals surface area contributed by atoms with Crippen molar-refractivity contribution in [2.45, 2.75) is 18.8 Å². The predicted octanol–water partition coefficient (Wildman–Crippen LogP) is 4.23. The highest BCUT2D eigenvalue weighted by Gasteiger charge is 2.28. The number of urea groups is 1. The van der Waals surface area contributed by atoms with Crippen LogP contribution in [0.2, 0.25) is 0 Å². The van der Waals surface area contributed by atoms with Crippen molar-refractivity contribution in [3.63, 3.8) is 0 Å². The number of amides is 3. The Hall–Kier alpha value is -3.86. The van der Waals surface area contributed by atoms with Crippen LogP contribution in [0.3, 0.4) is 0 Å². The molecule has 2 N–H and O–H groups in total. The van der Waals surface area contributed by atoms with Gasteiger partial charge in [0.05, 0.1) is 21.3 Å². The van der Waals surface area contributed by atoms with Crippen molar-refractivity contribution in [3.05, 3.63) is 52.5 Å². The summed E-state index contributed by atoms with van der Waals surface area (Å²) in [7, 11) is 4.69. The van der Waals surface area contributed by atoms with Gasteiger partial charge in [-0.1, -0.05) is 11.3 Å². The lowest BCUT2D eigenvalue weighted by atomic mass is 9.99. The first-order chi connectivity index (χ1) is 17.0. The molecule has 0 spiro atoms. The van der Waals surface area contributed by atoms with E-state index in [1.165, 1.54) is 11.3 Å². The number of hydrogen-bond donors (Lipinski definition) is 2. The summed E-state index contributed by atoms with van der Waals surface area (Å²) in [5.74, 6) is 1.53. The van der Waals surface area contributed by atoms with Crippen molar-refractivity contribution in [3.8, 4) is 17.2 Å². The molecule has 1 aliphatic heterocycles. The molecule has 184 valence electrons. The maximum absolute atomic E-state index is 12.9. The van der Waals surface area contributed by atoms with Crippen LogP contribution < -0.4 is 24.8 Å². The van der Waals surface area contributed by atoms with Crippen LogP contribution in [-0.2, 0) is 0 Å². The molecule has 11 heteroatoms. The van der Waals surface area contributed by atoms with E-state index < -0.39 is 0 Å². The van der Waals surface area contributed by atoms with E-state index in [0.29, 0.717) is 41.7 Å². The zero-order valence-corrected chi connectivity index (χ0v) is 20.6. The Morgan fingerprint density at radius 1 is 0.943 bits per heavy atom. The number of ether oxygens (including phenoxy) is 3. The van der Waals surface area contributed by atoms with E-state index >= 15 is 0 Å². The molecule has 0 bridgehead atoms. The highest BCUT2D eigenvalue weighted by atomic mass is 32.1. The number of aromatic nitrogens is 2. The minimum atomic E-state index is -0.322. The van der Waals surface area contributed by atoms with Gasteiger partial charge in [-0.05, 0) is 49.2 Å². The summed E-state index contributed by atoms with van der Waals surface area (Å²) in [5.41, 5.74) is 1.26. The lowest BCUT2D eigenvalue weighted by Crippen LogP contribution is -2.41. The fraction of sp³-hybridized carbons (Fsp3) is 0.333. The number of likely N-dealkylation sites (tertiary alicyclic amines) is 1. The van der Waals surface area contributed by atoms with Crippen LogP contribution in [-0.4, -0.2) is 61.5 Å². The summed E-state index contributed by atoms with van der Waals surface area (Å²) < 4.78 is 15.7. The number of carbonyl (C=O) groups excluding carboxylic acids is 2. The molecule has 2 heterocycles. The third-order valence-corrected chi connectivity index (χ3v) is 6.76. The first-order valence-electron chi connectivity index (χ1n) is 11.1. The zero-order valence-electron chi connectivity index (χ0n) is 19.7. The quantitative estimate of drug-likeness (QED) is 0.502. The summed E-state index contributed by atoms with van der Waals surface area (Å²) >= 11 is 1.25. The minimum absolute atomic E-state index is 0.0138. The van der Waals surface area contributed by atoms with Gasteiger partial charge in [-0.25, -0.2) is 4.79 Å². The molecule has 1 aliphatic rings. The molecule has 0 radical (unpaired) electrons. The lowest BCUT2D eigenvalue weighted by Gasteiger charge is -2.31. The second-order valence-electron chi connectivity index (χ2n) is 7.91. The second-order valence-corrected chi connectivity index (χ2v) is 8.92. The van der Waals surface area contributed by atoms with Crippen molar-refractivity contribution < 1.29 is 23.8 Å². The third-order valence-electron chi connectivity index (χ3n) is 5.68. The number of anilines is 2. The van der Waals surface area contributed by atoms with E-state index in [1.807, 2.05) is 0 Å². The number of carbonyl (C=O) groups is 2. The van der Waals surface area contributed by atoms with Gasteiger partial charge in [-0.3, -0.25) is 4.79 Å². The average molecular weight is 498 g/mol. The largest absolute Gasteiger partial charge is 0.497 e. The molecule has 1 saturated heterocycles. The summed E-state index contributed by atoms with van der Waals surface area (Å²) in [4.78, 5) is 27.3. The van der Waals surface area contributed by atoms with Crippen LogP contribution in [0.4, 0.5) is 16.2 Å². The van der Waals surface area contributed by atoms with E-state index in [0.717, 1.165) is 17.8 Å². The molecule has 4 rings (SSSR count). The van der Waals surface area contributed by atoms with Gasteiger partial charge in [-0.15, -0.1) is 10.2 Å². The molecular formula is C24H27N5O5S. The maximum atomic E-state index is 12.9. The number of methoxy groups -OCH3 is 3. The summed E-state index contributed by atoms with van der Waals surface area (Å²) in [5, 5.41) is 15.1. The van der Waals surface area contributed by atoms with Gasteiger partial charge in [0, 0.05) is 36.4 Å². The topological polar surface area (TPSA) is 115 Å². The first-order valence-corrected chi connectivity index (χ1v) is 11.9. The van der Waals surface area contributed by atoms with Crippen molar-refractivity contribution in [1.29, 1.82) is 0 Å². The zero-order chi connectivity index (χ0) is 24.8. The fourth-order valence-electron chi connectivity index (χ4n) is 3.83. The third kappa shape index (κ3) is 5.80. The van der Waals surface area contributed by atoms with Crippen LogP contribution >= 0.6 is 11.3 Å². The van der Waals surface area contributed by atoms with Gasteiger partial charge in [0.2, 0.25) is 5.01 Å². The predicted molar refractivity (Wildman–Crippen MR) is 133 cm³/mol. The Balaban J connectivity index is 1.37. The Bertz CT molecular complexity index is 1180. The molecule has 2 aromatic carbocycles. The SMILES string of the molecule is COc1ccc(NC(=O)c2nnc(C3CCCN(C(=O)Nc4ccc(OC)c(OC)c4)C3)s2)cc1. The molecule has 1 aromatic heterocycles. The Morgan fingerprint density at radius 2 is 1.69 bits per heavy atom. The van der Waals surface area contributed by atoms with Crippen LogP contribution in [0, 0.1) is 0 Å². The summed E-state index contributed by atoms with van der Waals surface area (Å²) in [6.07, 6.45) is 1.70. The van der Waals surface area contributed by atoms with E-state index in [4.69, 9.17) is 14.2 Å².